The molecular weight excluding hydrogens is 423 g/mol. The molecule has 2 aromatic rings. The van der Waals surface area contributed by atoms with Gasteiger partial charge in [0.25, 0.3) is 11.4 Å². The molecule has 0 aliphatic carbocycles. The molecule has 1 amide bonds. The highest BCUT2D eigenvalue weighted by molar-refractivity contribution is 5.76. The lowest BCUT2D eigenvalue weighted by Gasteiger charge is -2.11. The Balaban J connectivity index is 1.75. The molecule has 0 bridgehead atoms. The fraction of sp³-hybridized carbons (Fsp3) is 0.278. The molecule has 0 saturated carbocycles. The van der Waals surface area contributed by atoms with Crippen LogP contribution in [0.4, 0.5) is 35.9 Å². The SMILES string of the molecule is O=C(CCNc1ccc(C(F)(F)F)cc1[N+](=O)[O-])NCCNc1ccc([N+](=O)[O-])cc1. The molecule has 0 fully saturated rings. The van der Waals surface area contributed by atoms with E-state index in [2.05, 4.69) is 16.0 Å². The average Bonchev–Trinajstić information content (AvgIpc) is 2.70. The molecule has 0 aliphatic heterocycles. The summed E-state index contributed by atoms with van der Waals surface area (Å²) >= 11 is 0. The summed E-state index contributed by atoms with van der Waals surface area (Å²) in [4.78, 5) is 32.0. The maximum atomic E-state index is 12.7. The number of carbonyl (C=O) groups excluding carboxylic acids is 1. The first-order valence-electron chi connectivity index (χ1n) is 8.92. The van der Waals surface area contributed by atoms with E-state index in [1.807, 2.05) is 0 Å². The van der Waals surface area contributed by atoms with Gasteiger partial charge in [0.1, 0.15) is 5.69 Å². The Morgan fingerprint density at radius 2 is 1.58 bits per heavy atom. The van der Waals surface area contributed by atoms with E-state index >= 15 is 0 Å². The minimum Gasteiger partial charge on any atom is -0.383 e. The maximum Gasteiger partial charge on any atom is 0.416 e. The number of benzene rings is 2. The number of hydrogen-bond donors (Lipinski definition) is 3. The minimum atomic E-state index is -4.70. The summed E-state index contributed by atoms with van der Waals surface area (Å²) in [7, 11) is 0. The average molecular weight is 441 g/mol. The molecule has 2 aromatic carbocycles. The van der Waals surface area contributed by atoms with Crippen molar-refractivity contribution in [1.29, 1.82) is 0 Å². The third-order valence-corrected chi connectivity index (χ3v) is 4.04. The lowest BCUT2D eigenvalue weighted by atomic mass is 10.1. The lowest BCUT2D eigenvalue weighted by Crippen LogP contribution is -2.30. The van der Waals surface area contributed by atoms with Gasteiger partial charge in [-0.1, -0.05) is 0 Å². The summed E-state index contributed by atoms with van der Waals surface area (Å²) in [6, 6.07) is 7.85. The number of carbonyl (C=O) groups is 1. The summed E-state index contributed by atoms with van der Waals surface area (Å²) < 4.78 is 38.1. The van der Waals surface area contributed by atoms with Crippen LogP contribution >= 0.6 is 0 Å². The Kier molecular flexibility index (Phi) is 7.71. The maximum absolute atomic E-state index is 12.7. The topological polar surface area (TPSA) is 139 Å². The highest BCUT2D eigenvalue weighted by atomic mass is 19.4. The molecule has 0 spiro atoms. The minimum absolute atomic E-state index is 0.0200. The quantitative estimate of drug-likeness (QED) is 0.291. The molecule has 0 aromatic heterocycles. The summed E-state index contributed by atoms with van der Waals surface area (Å²) in [6.07, 6.45) is -4.76. The molecule has 2 rings (SSSR count). The third-order valence-electron chi connectivity index (χ3n) is 4.04. The second-order valence-corrected chi connectivity index (χ2v) is 6.24. The number of alkyl halides is 3. The van der Waals surface area contributed by atoms with Gasteiger partial charge >= 0.3 is 6.18 Å². The van der Waals surface area contributed by atoms with Gasteiger partial charge in [0, 0.05) is 49.9 Å². The van der Waals surface area contributed by atoms with E-state index in [1.165, 1.54) is 24.3 Å². The van der Waals surface area contributed by atoms with Gasteiger partial charge in [-0.2, -0.15) is 13.2 Å². The van der Waals surface area contributed by atoms with Crippen molar-refractivity contribution in [3.8, 4) is 0 Å². The molecule has 0 aliphatic rings. The third kappa shape index (κ3) is 7.13. The highest BCUT2D eigenvalue weighted by Crippen LogP contribution is 2.34. The number of nitro groups is 2. The molecule has 0 saturated heterocycles. The number of nitro benzene ring substituents is 2. The first kappa shape index (κ1) is 23.4. The normalized spacial score (nSPS) is 10.9. The van der Waals surface area contributed by atoms with Crippen LogP contribution in [0.1, 0.15) is 12.0 Å². The van der Waals surface area contributed by atoms with Crippen LogP contribution in [-0.4, -0.2) is 35.4 Å². The monoisotopic (exact) mass is 441 g/mol. The zero-order valence-corrected chi connectivity index (χ0v) is 15.9. The number of nitrogens with zero attached hydrogens (tertiary/aromatic N) is 2. The smallest absolute Gasteiger partial charge is 0.383 e. The number of nitrogens with one attached hydrogen (secondary N) is 3. The number of hydrogen-bond acceptors (Lipinski definition) is 7. The summed E-state index contributed by atoms with van der Waals surface area (Å²) in [5.74, 6) is -0.368. The van der Waals surface area contributed by atoms with Crippen molar-refractivity contribution in [1.82, 2.24) is 5.32 Å². The van der Waals surface area contributed by atoms with Gasteiger partial charge in [-0.05, 0) is 24.3 Å². The predicted molar refractivity (Wildman–Crippen MR) is 106 cm³/mol. The number of halogens is 3. The Hall–Kier alpha value is -3.90. The van der Waals surface area contributed by atoms with Gasteiger partial charge in [-0.15, -0.1) is 0 Å². The van der Waals surface area contributed by atoms with Crippen LogP contribution in [0.25, 0.3) is 0 Å². The Bertz CT molecular complexity index is 951. The molecular formula is C18H18F3N5O5. The van der Waals surface area contributed by atoms with Gasteiger partial charge in [0.05, 0.1) is 15.4 Å². The van der Waals surface area contributed by atoms with Crippen LogP contribution in [0.15, 0.2) is 42.5 Å². The van der Waals surface area contributed by atoms with E-state index in [-0.39, 0.29) is 36.8 Å². The highest BCUT2D eigenvalue weighted by Gasteiger charge is 2.33. The number of amides is 1. The molecule has 13 heteroatoms. The predicted octanol–water partition coefficient (Wildman–Crippen LogP) is 3.55. The first-order chi connectivity index (χ1) is 14.6. The second kappa shape index (κ2) is 10.2. The summed E-state index contributed by atoms with van der Waals surface area (Å²) in [5.41, 5.74) is -1.40. The molecule has 0 heterocycles. The molecule has 0 atom stereocenters. The van der Waals surface area contributed by atoms with Crippen molar-refractivity contribution in [2.75, 3.05) is 30.3 Å². The van der Waals surface area contributed by atoms with Crippen molar-refractivity contribution in [2.45, 2.75) is 12.6 Å². The zero-order valence-electron chi connectivity index (χ0n) is 15.9. The van der Waals surface area contributed by atoms with Gasteiger partial charge in [-0.3, -0.25) is 25.0 Å². The number of rotatable bonds is 10. The molecule has 0 radical (unpaired) electrons. The van der Waals surface area contributed by atoms with E-state index in [9.17, 15) is 38.2 Å². The van der Waals surface area contributed by atoms with Gasteiger partial charge in [0.15, 0.2) is 0 Å². The number of non-ortho nitro benzene ring substituents is 1. The molecule has 10 nitrogen and oxygen atoms in total. The van der Waals surface area contributed by atoms with E-state index in [0.29, 0.717) is 18.3 Å². The fourth-order valence-electron chi connectivity index (χ4n) is 2.52. The second-order valence-electron chi connectivity index (χ2n) is 6.24. The van der Waals surface area contributed by atoms with E-state index < -0.39 is 27.3 Å². The van der Waals surface area contributed by atoms with E-state index in [1.54, 1.807) is 0 Å². The van der Waals surface area contributed by atoms with Crippen molar-refractivity contribution in [2.24, 2.45) is 0 Å². The van der Waals surface area contributed by atoms with Gasteiger partial charge in [-0.25, -0.2) is 0 Å². The van der Waals surface area contributed by atoms with E-state index in [4.69, 9.17) is 0 Å². The van der Waals surface area contributed by atoms with Crippen LogP contribution in [0.3, 0.4) is 0 Å². The zero-order chi connectivity index (χ0) is 23.0. The van der Waals surface area contributed by atoms with Crippen LogP contribution in [0.2, 0.25) is 0 Å². The Morgan fingerprint density at radius 3 is 2.16 bits per heavy atom. The Morgan fingerprint density at radius 1 is 0.903 bits per heavy atom. The summed E-state index contributed by atoms with van der Waals surface area (Å²) in [5, 5.41) is 29.8. The fourth-order valence-corrected chi connectivity index (χ4v) is 2.52. The van der Waals surface area contributed by atoms with Gasteiger partial charge in [0.2, 0.25) is 5.91 Å². The molecule has 3 N–H and O–H groups in total. The largest absolute Gasteiger partial charge is 0.416 e. The van der Waals surface area contributed by atoms with Crippen LogP contribution in [0, 0.1) is 20.2 Å². The van der Waals surface area contributed by atoms with E-state index in [0.717, 1.165) is 12.1 Å². The van der Waals surface area contributed by atoms with Crippen molar-refractivity contribution >= 4 is 28.7 Å². The van der Waals surface area contributed by atoms with Crippen LogP contribution in [0.5, 0.6) is 0 Å². The standard InChI is InChI=1S/C18H18F3N5O5/c19-18(20,21)12-1-6-15(16(11-12)26(30)31)23-8-7-17(27)24-10-9-22-13-2-4-14(5-3-13)25(28)29/h1-6,11,22-23H,7-10H2,(H,24,27). The lowest BCUT2D eigenvalue weighted by molar-refractivity contribution is -0.384. The molecule has 31 heavy (non-hydrogen) atoms. The van der Waals surface area contributed by atoms with Crippen LogP contribution in [-0.2, 0) is 11.0 Å². The van der Waals surface area contributed by atoms with Crippen LogP contribution < -0.4 is 16.0 Å². The molecule has 166 valence electrons. The van der Waals surface area contributed by atoms with Crippen molar-refractivity contribution in [3.63, 3.8) is 0 Å². The Labute approximate surface area is 173 Å². The summed E-state index contributed by atoms with van der Waals surface area (Å²) in [6.45, 7) is 0.575. The molecule has 0 unspecified atom stereocenters. The first-order valence-corrected chi connectivity index (χ1v) is 8.92. The number of anilines is 2. The van der Waals surface area contributed by atoms with Gasteiger partial charge < -0.3 is 16.0 Å². The van der Waals surface area contributed by atoms with Crippen molar-refractivity contribution < 1.29 is 27.8 Å². The van der Waals surface area contributed by atoms with Crippen molar-refractivity contribution in [3.05, 3.63) is 68.3 Å².